The van der Waals surface area contributed by atoms with Gasteiger partial charge in [-0.3, -0.25) is 14.7 Å². The number of benzene rings is 1. The number of piperidine rings is 1. The molecular formula is C19H21ClN2O. The number of carbonyl (C=O) groups is 1. The number of aromatic nitrogens is 1. The summed E-state index contributed by atoms with van der Waals surface area (Å²) in [4.78, 5) is 18.2. The van der Waals surface area contributed by atoms with Crippen LogP contribution in [-0.2, 0) is 11.3 Å². The number of aryl methyl sites for hydroxylation is 2. The average Bonchev–Trinajstić information content (AvgIpc) is 2.54. The van der Waals surface area contributed by atoms with E-state index in [-0.39, 0.29) is 0 Å². The van der Waals surface area contributed by atoms with Gasteiger partial charge in [0.15, 0.2) is 0 Å². The van der Waals surface area contributed by atoms with Crippen molar-refractivity contribution in [2.24, 2.45) is 0 Å². The number of pyridine rings is 1. The number of likely N-dealkylation sites (tertiary alicyclic amines) is 1. The molecule has 1 aliphatic heterocycles. The number of rotatable bonds is 3. The predicted octanol–water partition coefficient (Wildman–Crippen LogP) is 4.18. The smallest absolute Gasteiger partial charge is 0.135 e. The third kappa shape index (κ3) is 3.80. The molecule has 0 radical (unpaired) electrons. The van der Waals surface area contributed by atoms with Crippen LogP contribution in [0.3, 0.4) is 0 Å². The molecule has 1 saturated heterocycles. The highest BCUT2D eigenvalue weighted by Crippen LogP contribution is 2.27. The molecule has 0 amide bonds. The van der Waals surface area contributed by atoms with Gasteiger partial charge in [0, 0.05) is 49.3 Å². The van der Waals surface area contributed by atoms with Crippen LogP contribution >= 0.6 is 11.6 Å². The monoisotopic (exact) mass is 328 g/mol. The van der Waals surface area contributed by atoms with Crippen molar-refractivity contribution >= 4 is 17.4 Å². The van der Waals surface area contributed by atoms with Crippen LogP contribution in [0.5, 0.6) is 0 Å². The molecule has 0 N–H and O–H groups in total. The third-order valence-corrected chi connectivity index (χ3v) is 4.97. The second kappa shape index (κ2) is 6.81. The Kier molecular flexibility index (Phi) is 4.79. The van der Waals surface area contributed by atoms with E-state index in [9.17, 15) is 4.79 Å². The Balaban J connectivity index is 1.81. The number of carbonyl (C=O) groups excluding carboxylic acids is 1. The lowest BCUT2D eigenvalue weighted by Gasteiger charge is -2.25. The van der Waals surface area contributed by atoms with Gasteiger partial charge in [-0.05, 0) is 54.8 Å². The Morgan fingerprint density at radius 3 is 2.43 bits per heavy atom. The van der Waals surface area contributed by atoms with Gasteiger partial charge in [-0.2, -0.15) is 0 Å². The second-order valence-corrected chi connectivity index (χ2v) is 6.67. The van der Waals surface area contributed by atoms with Gasteiger partial charge in [-0.25, -0.2) is 0 Å². The molecule has 3 rings (SSSR count). The van der Waals surface area contributed by atoms with Crippen LogP contribution in [-0.4, -0.2) is 28.8 Å². The number of hydrogen-bond donors (Lipinski definition) is 0. The maximum absolute atomic E-state index is 11.3. The van der Waals surface area contributed by atoms with Crippen molar-refractivity contribution in [2.75, 3.05) is 13.1 Å². The van der Waals surface area contributed by atoms with E-state index in [1.165, 1.54) is 5.56 Å². The summed E-state index contributed by atoms with van der Waals surface area (Å²) in [5.74, 6) is 0.379. The Morgan fingerprint density at radius 1 is 1.13 bits per heavy atom. The molecular weight excluding hydrogens is 308 g/mol. The molecule has 0 atom stereocenters. The topological polar surface area (TPSA) is 33.2 Å². The summed E-state index contributed by atoms with van der Waals surface area (Å²) in [7, 11) is 0. The number of hydrogen-bond acceptors (Lipinski definition) is 3. The second-order valence-electron chi connectivity index (χ2n) is 6.29. The van der Waals surface area contributed by atoms with E-state index in [0.29, 0.717) is 18.6 Å². The van der Waals surface area contributed by atoms with Crippen LogP contribution < -0.4 is 0 Å². The fourth-order valence-electron chi connectivity index (χ4n) is 3.04. The van der Waals surface area contributed by atoms with Gasteiger partial charge in [-0.1, -0.05) is 11.6 Å². The Morgan fingerprint density at radius 2 is 1.78 bits per heavy atom. The maximum atomic E-state index is 11.3. The highest BCUT2D eigenvalue weighted by Gasteiger charge is 2.16. The van der Waals surface area contributed by atoms with Gasteiger partial charge < -0.3 is 0 Å². The first-order valence-electron chi connectivity index (χ1n) is 7.99. The van der Waals surface area contributed by atoms with Gasteiger partial charge in [0.25, 0.3) is 0 Å². The lowest BCUT2D eigenvalue weighted by Crippen LogP contribution is -2.33. The Bertz CT molecular complexity index is 709. The van der Waals surface area contributed by atoms with Crippen LogP contribution in [0.1, 0.15) is 29.5 Å². The highest BCUT2D eigenvalue weighted by molar-refractivity contribution is 6.32. The molecule has 1 aliphatic rings. The van der Waals surface area contributed by atoms with Crippen LogP contribution in [0, 0.1) is 13.8 Å². The lowest BCUT2D eigenvalue weighted by molar-refractivity contribution is -0.121. The van der Waals surface area contributed by atoms with E-state index in [1.54, 1.807) is 0 Å². The molecule has 2 heterocycles. The summed E-state index contributed by atoms with van der Waals surface area (Å²) in [5, 5.41) is 0.822. The zero-order valence-corrected chi connectivity index (χ0v) is 14.4. The van der Waals surface area contributed by atoms with E-state index >= 15 is 0 Å². The van der Waals surface area contributed by atoms with Gasteiger partial charge in [0.1, 0.15) is 5.78 Å². The van der Waals surface area contributed by atoms with Gasteiger partial charge in [0.05, 0.1) is 5.69 Å². The van der Waals surface area contributed by atoms with Crippen molar-refractivity contribution in [3.63, 3.8) is 0 Å². The van der Waals surface area contributed by atoms with Gasteiger partial charge >= 0.3 is 0 Å². The fraction of sp³-hybridized carbons (Fsp3) is 0.368. The molecule has 4 heteroatoms. The van der Waals surface area contributed by atoms with Crippen LogP contribution in [0.15, 0.2) is 30.5 Å². The van der Waals surface area contributed by atoms with E-state index in [1.807, 2.05) is 20.0 Å². The van der Waals surface area contributed by atoms with Crippen LogP contribution in [0.4, 0.5) is 0 Å². The van der Waals surface area contributed by atoms with Crippen molar-refractivity contribution in [1.29, 1.82) is 0 Å². The molecule has 1 aromatic heterocycles. The molecule has 23 heavy (non-hydrogen) atoms. The van der Waals surface area contributed by atoms with Crippen molar-refractivity contribution in [3.05, 3.63) is 52.2 Å². The zero-order valence-electron chi connectivity index (χ0n) is 13.6. The molecule has 2 aromatic rings. The summed E-state index contributed by atoms with van der Waals surface area (Å²) in [5.41, 5.74) is 5.44. The summed E-state index contributed by atoms with van der Waals surface area (Å²) in [6, 6.07) is 8.36. The summed E-state index contributed by atoms with van der Waals surface area (Å²) < 4.78 is 0. The Labute approximate surface area is 142 Å². The Hall–Kier alpha value is -1.71. The molecule has 0 spiro atoms. The minimum absolute atomic E-state index is 0.379. The maximum Gasteiger partial charge on any atom is 0.135 e. The fourth-order valence-corrected chi connectivity index (χ4v) is 3.15. The zero-order chi connectivity index (χ0) is 16.4. The highest BCUT2D eigenvalue weighted by atomic mass is 35.5. The molecule has 120 valence electrons. The first-order valence-corrected chi connectivity index (χ1v) is 8.37. The normalized spacial score (nSPS) is 15.9. The van der Waals surface area contributed by atoms with Crippen LogP contribution in [0.25, 0.3) is 11.3 Å². The molecule has 1 fully saturated rings. The minimum Gasteiger partial charge on any atom is -0.300 e. The predicted molar refractivity (Wildman–Crippen MR) is 93.7 cm³/mol. The average molecular weight is 329 g/mol. The van der Waals surface area contributed by atoms with Crippen molar-refractivity contribution in [3.8, 4) is 11.3 Å². The van der Waals surface area contributed by atoms with Crippen LogP contribution in [0.2, 0.25) is 5.02 Å². The first-order chi connectivity index (χ1) is 11.0. The standard InChI is InChI=1S/C19H21ClN2O/c1-13-9-16(10-14(2)19(13)20)18-11-15(3-6-21-18)12-22-7-4-17(23)5-8-22/h3,6,9-11H,4-5,7-8,12H2,1-2H3. The number of ketones is 1. The van der Waals surface area contributed by atoms with Crippen molar-refractivity contribution < 1.29 is 4.79 Å². The van der Waals surface area contributed by atoms with E-state index in [0.717, 1.165) is 47.0 Å². The number of nitrogens with zero attached hydrogens (tertiary/aromatic N) is 2. The van der Waals surface area contributed by atoms with Gasteiger partial charge in [0.2, 0.25) is 0 Å². The quantitative estimate of drug-likeness (QED) is 0.847. The SMILES string of the molecule is Cc1cc(-c2cc(CN3CCC(=O)CC3)ccn2)cc(C)c1Cl. The van der Waals surface area contributed by atoms with Crippen molar-refractivity contribution in [1.82, 2.24) is 9.88 Å². The number of Topliss-reactive ketones (excluding diaryl/α,β-unsaturated/α-hetero) is 1. The minimum atomic E-state index is 0.379. The molecule has 0 unspecified atom stereocenters. The summed E-state index contributed by atoms with van der Waals surface area (Å²) in [6.45, 7) is 6.63. The molecule has 1 aromatic carbocycles. The number of halogens is 1. The lowest BCUT2D eigenvalue weighted by atomic mass is 10.0. The first kappa shape index (κ1) is 16.2. The van der Waals surface area contributed by atoms with E-state index < -0.39 is 0 Å². The molecule has 0 saturated carbocycles. The third-order valence-electron chi connectivity index (χ3n) is 4.38. The molecule has 0 bridgehead atoms. The van der Waals surface area contributed by atoms with E-state index in [4.69, 9.17) is 11.6 Å². The van der Waals surface area contributed by atoms with E-state index in [2.05, 4.69) is 34.1 Å². The summed E-state index contributed by atoms with van der Waals surface area (Å²) >= 11 is 6.25. The molecule has 3 nitrogen and oxygen atoms in total. The van der Waals surface area contributed by atoms with Gasteiger partial charge in [-0.15, -0.1) is 0 Å². The van der Waals surface area contributed by atoms with Crippen molar-refractivity contribution in [2.45, 2.75) is 33.2 Å². The molecule has 0 aliphatic carbocycles. The largest absolute Gasteiger partial charge is 0.300 e. The summed E-state index contributed by atoms with van der Waals surface area (Å²) in [6.07, 6.45) is 3.21.